The Bertz CT molecular complexity index is 721. The van der Waals surface area contributed by atoms with Gasteiger partial charge in [0.2, 0.25) is 0 Å². The zero-order chi connectivity index (χ0) is 15.8. The van der Waals surface area contributed by atoms with Crippen LogP contribution >= 0.6 is 0 Å². The zero-order valence-electron chi connectivity index (χ0n) is 13.7. The Hall–Kier alpha value is -1.81. The second kappa shape index (κ2) is 6.00. The fourth-order valence-corrected chi connectivity index (χ4v) is 4.53. The van der Waals surface area contributed by atoms with Crippen LogP contribution < -0.4 is 0 Å². The number of aromatic amines is 1. The lowest BCUT2D eigenvalue weighted by Crippen LogP contribution is -2.43. The van der Waals surface area contributed by atoms with Crippen molar-refractivity contribution in [1.29, 1.82) is 0 Å². The number of carbonyl (C=O) groups is 1. The number of esters is 1. The summed E-state index contributed by atoms with van der Waals surface area (Å²) < 4.78 is 4.83. The van der Waals surface area contributed by atoms with E-state index < -0.39 is 0 Å². The number of fused-ring (bicyclic) bond motifs is 5. The van der Waals surface area contributed by atoms with Crippen LogP contribution in [0.15, 0.2) is 24.3 Å². The summed E-state index contributed by atoms with van der Waals surface area (Å²) in [6.45, 7) is 2.31. The van der Waals surface area contributed by atoms with Gasteiger partial charge in [-0.3, -0.25) is 9.69 Å². The monoisotopic (exact) mass is 312 g/mol. The van der Waals surface area contributed by atoms with Crippen LogP contribution in [0.5, 0.6) is 0 Å². The van der Waals surface area contributed by atoms with Crippen LogP contribution in [0.25, 0.3) is 10.9 Å². The minimum absolute atomic E-state index is 0.0881. The summed E-state index contributed by atoms with van der Waals surface area (Å²) in [4.78, 5) is 17.9. The predicted molar refractivity (Wildman–Crippen MR) is 90.3 cm³/mol. The quantitative estimate of drug-likeness (QED) is 0.883. The fourth-order valence-electron chi connectivity index (χ4n) is 4.53. The molecule has 0 bridgehead atoms. The predicted octanol–water partition coefficient (Wildman–Crippen LogP) is 3.43. The number of aromatic nitrogens is 1. The van der Waals surface area contributed by atoms with Gasteiger partial charge in [-0.25, -0.2) is 0 Å². The van der Waals surface area contributed by atoms with Gasteiger partial charge in [0.1, 0.15) is 0 Å². The first-order chi connectivity index (χ1) is 11.3. The number of rotatable bonds is 3. The third-order valence-electron chi connectivity index (χ3n) is 5.60. The van der Waals surface area contributed by atoms with E-state index in [4.69, 9.17) is 4.74 Å². The molecule has 4 heteroatoms. The molecule has 1 aromatic carbocycles. The van der Waals surface area contributed by atoms with Crippen molar-refractivity contribution in [1.82, 2.24) is 9.88 Å². The maximum absolute atomic E-state index is 11.6. The lowest BCUT2D eigenvalue weighted by molar-refractivity contribution is -0.141. The first-order valence-electron chi connectivity index (χ1n) is 8.68. The van der Waals surface area contributed by atoms with Crippen molar-refractivity contribution < 1.29 is 9.53 Å². The second-order valence-electron chi connectivity index (χ2n) is 6.81. The lowest BCUT2D eigenvalue weighted by Gasteiger charge is -2.44. The number of benzene rings is 1. The summed E-state index contributed by atoms with van der Waals surface area (Å²) in [5.41, 5.74) is 4.13. The molecule has 0 saturated carbocycles. The van der Waals surface area contributed by atoms with Gasteiger partial charge < -0.3 is 9.72 Å². The van der Waals surface area contributed by atoms with Crippen molar-refractivity contribution in [2.75, 3.05) is 20.2 Å². The van der Waals surface area contributed by atoms with Gasteiger partial charge in [-0.15, -0.1) is 0 Å². The number of carbonyl (C=O) groups excluding carboxylic acids is 1. The molecular weight excluding hydrogens is 288 g/mol. The number of ether oxygens (including phenoxy) is 1. The van der Waals surface area contributed by atoms with Gasteiger partial charge in [0.15, 0.2) is 0 Å². The molecule has 0 unspecified atom stereocenters. The SMILES string of the molecule is COC(=O)CC[C@H]1CCCN2CCc3c([nH]c4ccccc34)[C@@H]12. The van der Waals surface area contributed by atoms with Crippen LogP contribution in [-0.4, -0.2) is 36.1 Å². The molecule has 2 aliphatic rings. The van der Waals surface area contributed by atoms with Crippen molar-refractivity contribution in [3.8, 4) is 0 Å². The highest BCUT2D eigenvalue weighted by molar-refractivity contribution is 5.85. The Morgan fingerprint density at radius 1 is 1.35 bits per heavy atom. The Balaban J connectivity index is 1.68. The highest BCUT2D eigenvalue weighted by atomic mass is 16.5. The summed E-state index contributed by atoms with van der Waals surface area (Å²) in [6, 6.07) is 9.05. The number of nitrogens with zero attached hydrogens (tertiary/aromatic N) is 1. The average molecular weight is 312 g/mol. The number of nitrogens with one attached hydrogen (secondary N) is 1. The van der Waals surface area contributed by atoms with E-state index in [2.05, 4.69) is 34.1 Å². The van der Waals surface area contributed by atoms with E-state index in [1.165, 1.54) is 48.7 Å². The van der Waals surface area contributed by atoms with E-state index in [1.807, 2.05) is 0 Å². The van der Waals surface area contributed by atoms with E-state index >= 15 is 0 Å². The zero-order valence-corrected chi connectivity index (χ0v) is 13.7. The van der Waals surface area contributed by atoms with Crippen LogP contribution in [0.1, 0.15) is 43.0 Å². The molecule has 1 N–H and O–H groups in total. The molecule has 2 aromatic rings. The fraction of sp³-hybridized carbons (Fsp3) is 0.526. The summed E-state index contributed by atoms with van der Waals surface area (Å²) in [5, 5.41) is 1.37. The van der Waals surface area contributed by atoms with Crippen molar-refractivity contribution in [3.05, 3.63) is 35.5 Å². The van der Waals surface area contributed by atoms with E-state index in [1.54, 1.807) is 0 Å². The summed E-state index contributed by atoms with van der Waals surface area (Å²) in [7, 11) is 1.48. The van der Waals surface area contributed by atoms with Gasteiger partial charge in [-0.1, -0.05) is 18.2 Å². The highest BCUT2D eigenvalue weighted by Gasteiger charge is 2.38. The Morgan fingerprint density at radius 3 is 3.09 bits per heavy atom. The van der Waals surface area contributed by atoms with Crippen molar-refractivity contribution in [2.24, 2.45) is 5.92 Å². The molecule has 0 amide bonds. The summed E-state index contributed by atoms with van der Waals surface area (Å²) in [6.07, 6.45) is 5.01. The van der Waals surface area contributed by atoms with Crippen LogP contribution in [0, 0.1) is 5.92 Å². The largest absolute Gasteiger partial charge is 0.469 e. The van der Waals surface area contributed by atoms with E-state index in [0.29, 0.717) is 18.4 Å². The van der Waals surface area contributed by atoms with Crippen molar-refractivity contribution in [2.45, 2.75) is 38.1 Å². The maximum Gasteiger partial charge on any atom is 0.305 e. The van der Waals surface area contributed by atoms with Crippen LogP contribution in [0.3, 0.4) is 0 Å². The molecule has 4 rings (SSSR count). The summed E-state index contributed by atoms with van der Waals surface area (Å²) >= 11 is 0. The Kier molecular flexibility index (Phi) is 3.85. The first kappa shape index (κ1) is 14.8. The van der Waals surface area contributed by atoms with E-state index in [0.717, 1.165) is 19.4 Å². The molecule has 4 nitrogen and oxygen atoms in total. The van der Waals surface area contributed by atoms with Crippen LogP contribution in [0.2, 0.25) is 0 Å². The molecule has 0 spiro atoms. The third kappa shape index (κ3) is 2.55. The van der Waals surface area contributed by atoms with E-state index in [9.17, 15) is 4.79 Å². The molecule has 122 valence electrons. The Labute approximate surface area is 136 Å². The topological polar surface area (TPSA) is 45.3 Å². The normalized spacial score (nSPS) is 24.2. The number of para-hydroxylation sites is 1. The van der Waals surface area contributed by atoms with Gasteiger partial charge in [0, 0.05) is 29.6 Å². The van der Waals surface area contributed by atoms with Gasteiger partial charge >= 0.3 is 5.97 Å². The minimum Gasteiger partial charge on any atom is -0.469 e. The summed E-state index contributed by atoms with van der Waals surface area (Å²) in [5.74, 6) is 0.449. The van der Waals surface area contributed by atoms with Gasteiger partial charge in [-0.05, 0) is 49.8 Å². The van der Waals surface area contributed by atoms with Crippen LogP contribution in [0.4, 0.5) is 0 Å². The number of hydrogen-bond donors (Lipinski definition) is 1. The molecule has 2 aliphatic heterocycles. The second-order valence-corrected chi connectivity index (χ2v) is 6.81. The van der Waals surface area contributed by atoms with Crippen molar-refractivity contribution in [3.63, 3.8) is 0 Å². The van der Waals surface area contributed by atoms with Crippen molar-refractivity contribution >= 4 is 16.9 Å². The molecule has 0 radical (unpaired) electrons. The smallest absolute Gasteiger partial charge is 0.305 e. The van der Waals surface area contributed by atoms with E-state index in [-0.39, 0.29) is 5.97 Å². The van der Waals surface area contributed by atoms with Gasteiger partial charge in [0.25, 0.3) is 0 Å². The molecule has 23 heavy (non-hydrogen) atoms. The Morgan fingerprint density at radius 2 is 2.22 bits per heavy atom. The number of piperidine rings is 1. The van der Waals surface area contributed by atoms with Gasteiger partial charge in [-0.2, -0.15) is 0 Å². The molecule has 1 saturated heterocycles. The molecule has 3 heterocycles. The number of hydrogen-bond acceptors (Lipinski definition) is 3. The molecular formula is C19H24N2O2. The molecule has 0 aliphatic carbocycles. The third-order valence-corrected chi connectivity index (χ3v) is 5.60. The van der Waals surface area contributed by atoms with Crippen LogP contribution in [-0.2, 0) is 16.0 Å². The lowest BCUT2D eigenvalue weighted by atomic mass is 9.80. The highest BCUT2D eigenvalue weighted by Crippen LogP contribution is 2.44. The average Bonchev–Trinajstić information content (AvgIpc) is 2.98. The van der Waals surface area contributed by atoms with Gasteiger partial charge in [0.05, 0.1) is 13.2 Å². The minimum atomic E-state index is -0.0881. The maximum atomic E-state index is 11.6. The molecule has 1 fully saturated rings. The number of methoxy groups -OCH3 is 1. The molecule has 2 atom stereocenters. The number of H-pyrrole nitrogens is 1. The molecule has 1 aromatic heterocycles. The standard InChI is InChI=1S/C19H24N2O2/c1-23-17(22)9-8-13-5-4-11-21-12-10-15-14-6-2-3-7-16(14)20-18(15)19(13)21/h2-3,6-7,13,19-20H,4-5,8-12H2,1H3/t13-,19-/m1/s1. The first-order valence-corrected chi connectivity index (χ1v) is 8.68.